The molecule has 1 radical (unpaired) electrons. The van der Waals surface area contributed by atoms with Gasteiger partial charge in [-0.1, -0.05) is 26.0 Å². The lowest BCUT2D eigenvalue weighted by Gasteiger charge is -2.57. The monoisotopic (exact) mass is 135 g/mol. The molecule has 2 unspecified atom stereocenters. The molecular formula is C10H15. The lowest BCUT2D eigenvalue weighted by molar-refractivity contribution is -0.0276. The summed E-state index contributed by atoms with van der Waals surface area (Å²) < 4.78 is 0. The molecule has 0 aromatic heterocycles. The highest BCUT2D eigenvalue weighted by molar-refractivity contribution is 5.17. The Balaban J connectivity index is 2.23. The molecule has 3 rings (SSSR count). The third-order valence-corrected chi connectivity index (χ3v) is 3.70. The third kappa shape index (κ3) is 0.574. The summed E-state index contributed by atoms with van der Waals surface area (Å²) in [6.45, 7) is 10.6. The van der Waals surface area contributed by atoms with E-state index in [4.69, 9.17) is 6.58 Å². The van der Waals surface area contributed by atoms with Gasteiger partial charge in [0, 0.05) is 0 Å². The van der Waals surface area contributed by atoms with Crippen molar-refractivity contribution in [3.63, 3.8) is 0 Å². The van der Waals surface area contributed by atoms with Crippen molar-refractivity contribution in [2.24, 2.45) is 17.3 Å². The highest BCUT2D eigenvalue weighted by Crippen LogP contribution is 2.60. The van der Waals surface area contributed by atoms with Gasteiger partial charge in [0.15, 0.2) is 0 Å². The zero-order valence-corrected chi connectivity index (χ0v) is 6.85. The maximum Gasteiger partial charge on any atom is -0.0143 e. The van der Waals surface area contributed by atoms with E-state index in [1.54, 1.807) is 0 Å². The number of hydrogen-bond donors (Lipinski definition) is 0. The first-order chi connectivity index (χ1) is 4.62. The zero-order chi connectivity index (χ0) is 7.35. The minimum absolute atomic E-state index is 0.544. The summed E-state index contributed by atoms with van der Waals surface area (Å²) in [5.74, 6) is 1.73. The topological polar surface area (TPSA) is 0 Å². The van der Waals surface area contributed by atoms with Crippen molar-refractivity contribution in [3.05, 3.63) is 12.2 Å². The van der Waals surface area contributed by atoms with Crippen molar-refractivity contribution < 1.29 is 0 Å². The number of allylic oxidation sites excluding steroid dienone is 1. The van der Waals surface area contributed by atoms with Gasteiger partial charge in [-0.2, -0.15) is 0 Å². The van der Waals surface area contributed by atoms with Crippen molar-refractivity contribution in [2.75, 3.05) is 0 Å². The van der Waals surface area contributed by atoms with E-state index in [2.05, 4.69) is 13.8 Å². The lowest BCUT2D eigenvalue weighted by Crippen LogP contribution is -2.48. The summed E-state index contributed by atoms with van der Waals surface area (Å²) in [6.07, 6.45) is 3.91. The second kappa shape index (κ2) is 1.66. The van der Waals surface area contributed by atoms with E-state index in [1.807, 2.05) is 0 Å². The van der Waals surface area contributed by atoms with Gasteiger partial charge in [-0.25, -0.2) is 0 Å². The van der Waals surface area contributed by atoms with E-state index in [0.29, 0.717) is 5.41 Å². The van der Waals surface area contributed by atoms with Gasteiger partial charge >= 0.3 is 0 Å². The molecule has 2 bridgehead atoms. The normalized spacial score (nSPS) is 42.8. The number of rotatable bonds is 0. The van der Waals surface area contributed by atoms with Crippen LogP contribution in [0, 0.1) is 23.8 Å². The molecule has 3 saturated carbocycles. The summed E-state index contributed by atoms with van der Waals surface area (Å²) in [6, 6.07) is 0. The van der Waals surface area contributed by atoms with Gasteiger partial charge in [0.1, 0.15) is 0 Å². The molecule has 0 aromatic rings. The summed E-state index contributed by atoms with van der Waals surface area (Å²) in [4.78, 5) is 0. The lowest BCUT2D eigenvalue weighted by atomic mass is 9.47. The molecule has 0 nitrogen and oxygen atoms in total. The summed E-state index contributed by atoms with van der Waals surface area (Å²) in [5, 5.41) is 0. The van der Waals surface area contributed by atoms with E-state index in [-0.39, 0.29) is 0 Å². The Morgan fingerprint density at radius 1 is 1.50 bits per heavy atom. The van der Waals surface area contributed by atoms with Crippen molar-refractivity contribution >= 4 is 0 Å². The summed E-state index contributed by atoms with van der Waals surface area (Å²) in [7, 11) is 0. The van der Waals surface area contributed by atoms with Crippen LogP contribution in [0.25, 0.3) is 0 Å². The number of hydrogen-bond acceptors (Lipinski definition) is 0. The van der Waals surface area contributed by atoms with Gasteiger partial charge in [0.25, 0.3) is 0 Å². The molecule has 0 aliphatic heterocycles. The first-order valence-corrected chi connectivity index (χ1v) is 4.23. The predicted molar refractivity (Wildman–Crippen MR) is 42.4 cm³/mol. The van der Waals surface area contributed by atoms with Gasteiger partial charge in [-0.15, -0.1) is 0 Å². The fourth-order valence-electron chi connectivity index (χ4n) is 2.65. The molecule has 0 amide bonds. The summed E-state index contributed by atoms with van der Waals surface area (Å²) in [5.41, 5.74) is 1.81. The fourth-order valence-corrected chi connectivity index (χ4v) is 2.65. The first kappa shape index (κ1) is 6.45. The Labute approximate surface area is 63.3 Å². The van der Waals surface area contributed by atoms with Crippen molar-refractivity contribution in [1.29, 1.82) is 0 Å². The van der Waals surface area contributed by atoms with Crippen LogP contribution in [0.2, 0.25) is 0 Å². The highest BCUT2D eigenvalue weighted by Gasteiger charge is 2.51. The molecule has 0 heteroatoms. The van der Waals surface area contributed by atoms with E-state index < -0.39 is 0 Å². The molecule has 55 valence electrons. The van der Waals surface area contributed by atoms with Crippen LogP contribution in [-0.4, -0.2) is 0 Å². The van der Waals surface area contributed by atoms with E-state index in [1.165, 1.54) is 24.8 Å². The highest BCUT2D eigenvalue weighted by atomic mass is 14.6. The van der Waals surface area contributed by atoms with Gasteiger partial charge in [0.2, 0.25) is 0 Å². The van der Waals surface area contributed by atoms with Gasteiger partial charge in [-0.05, 0) is 36.5 Å². The van der Waals surface area contributed by atoms with Crippen LogP contribution in [0.3, 0.4) is 0 Å². The quantitative estimate of drug-likeness (QED) is 0.479. The SMILES string of the molecule is [CH]=C1CCC2CC1C2(C)C. The van der Waals surface area contributed by atoms with Gasteiger partial charge in [0.05, 0.1) is 0 Å². The molecule has 3 aliphatic carbocycles. The average molecular weight is 135 g/mol. The third-order valence-electron chi connectivity index (χ3n) is 3.70. The predicted octanol–water partition coefficient (Wildman–Crippen LogP) is 2.80. The smallest absolute Gasteiger partial charge is 0.0143 e. The van der Waals surface area contributed by atoms with Crippen molar-refractivity contribution in [2.45, 2.75) is 33.1 Å². The van der Waals surface area contributed by atoms with Crippen LogP contribution in [-0.2, 0) is 0 Å². The Kier molecular flexibility index (Phi) is 1.07. The molecular weight excluding hydrogens is 120 g/mol. The molecule has 3 fully saturated rings. The van der Waals surface area contributed by atoms with Crippen LogP contribution in [0.15, 0.2) is 5.57 Å². The van der Waals surface area contributed by atoms with Gasteiger partial charge in [-0.3, -0.25) is 0 Å². The summed E-state index contributed by atoms with van der Waals surface area (Å²) >= 11 is 0. The Hall–Kier alpha value is -0.260. The molecule has 3 aliphatic rings. The molecule has 2 atom stereocenters. The number of fused-ring (bicyclic) bond motifs is 2. The maximum absolute atomic E-state index is 5.91. The molecule has 0 saturated heterocycles. The molecule has 10 heavy (non-hydrogen) atoms. The van der Waals surface area contributed by atoms with Crippen LogP contribution < -0.4 is 0 Å². The van der Waals surface area contributed by atoms with E-state index >= 15 is 0 Å². The van der Waals surface area contributed by atoms with Crippen molar-refractivity contribution in [3.8, 4) is 0 Å². The Morgan fingerprint density at radius 3 is 2.50 bits per heavy atom. The standard InChI is InChI=1S/C10H15/c1-7-4-5-8-6-9(7)10(8,2)3/h1,8-9H,4-6H2,2-3H3. The zero-order valence-electron chi connectivity index (χ0n) is 6.85. The Morgan fingerprint density at radius 2 is 2.20 bits per heavy atom. The van der Waals surface area contributed by atoms with Crippen molar-refractivity contribution in [1.82, 2.24) is 0 Å². The second-order valence-electron chi connectivity index (χ2n) is 4.42. The van der Waals surface area contributed by atoms with E-state index in [9.17, 15) is 0 Å². The minimum Gasteiger partial charge on any atom is -0.0665 e. The minimum atomic E-state index is 0.544. The fraction of sp³-hybridized carbons (Fsp3) is 0.800. The van der Waals surface area contributed by atoms with Crippen LogP contribution in [0.4, 0.5) is 0 Å². The maximum atomic E-state index is 5.91. The van der Waals surface area contributed by atoms with E-state index in [0.717, 1.165) is 11.8 Å². The Bertz CT molecular complexity index is 174. The van der Waals surface area contributed by atoms with Gasteiger partial charge < -0.3 is 0 Å². The molecule has 0 spiro atoms. The molecule has 0 aromatic carbocycles. The van der Waals surface area contributed by atoms with Crippen LogP contribution in [0.1, 0.15) is 33.1 Å². The molecule has 0 N–H and O–H groups in total. The molecule has 0 heterocycles. The van der Waals surface area contributed by atoms with Crippen LogP contribution in [0.5, 0.6) is 0 Å². The average Bonchev–Trinajstić information content (AvgIpc) is 1.87. The first-order valence-electron chi connectivity index (χ1n) is 4.23. The van der Waals surface area contributed by atoms with Crippen LogP contribution >= 0.6 is 0 Å². The second-order valence-corrected chi connectivity index (χ2v) is 4.42. The largest absolute Gasteiger partial charge is 0.0665 e.